The molecule has 4 rings (SSSR count). The van der Waals surface area contributed by atoms with Gasteiger partial charge in [-0.15, -0.1) is 0 Å². The fourth-order valence-corrected chi connectivity index (χ4v) is 5.34. The zero-order valence-corrected chi connectivity index (χ0v) is 18.7. The number of fused-ring (bicyclic) bond motifs is 2. The van der Waals surface area contributed by atoms with E-state index in [-0.39, 0.29) is 5.41 Å². The van der Waals surface area contributed by atoms with E-state index in [0.717, 1.165) is 10.9 Å². The fourth-order valence-electron chi connectivity index (χ4n) is 4.20. The van der Waals surface area contributed by atoms with Gasteiger partial charge in [0.25, 0.3) is 0 Å². The summed E-state index contributed by atoms with van der Waals surface area (Å²) in [7, 11) is 0. The van der Waals surface area contributed by atoms with Crippen LogP contribution in [0.2, 0.25) is 0 Å². The lowest BCUT2D eigenvalue weighted by Gasteiger charge is -2.44. The lowest BCUT2D eigenvalue weighted by molar-refractivity contribution is 0.521. The van der Waals surface area contributed by atoms with Crippen molar-refractivity contribution in [2.75, 3.05) is 4.90 Å². The van der Waals surface area contributed by atoms with E-state index in [9.17, 15) is 0 Å². The second kappa shape index (κ2) is 7.01. The number of anilines is 3. The molecule has 0 saturated carbocycles. The molecule has 0 amide bonds. The molecular formula is C23H21BrIN. The van der Waals surface area contributed by atoms with Gasteiger partial charge in [-0.3, -0.25) is 0 Å². The summed E-state index contributed by atoms with van der Waals surface area (Å²) < 4.78 is 1.70. The molecule has 1 nitrogen and oxygen atoms in total. The maximum Gasteiger partial charge on any atom is 0.0502 e. The molecule has 0 bridgehead atoms. The maximum absolute atomic E-state index is 3.56. The minimum Gasteiger partial charge on any atom is -0.310 e. The molecule has 0 saturated heterocycles. The number of hydrogen-bond donors (Lipinski definition) is 0. The fraction of sp³-hybridized carbons (Fsp3) is 0.217. The van der Waals surface area contributed by atoms with Crippen LogP contribution in [-0.2, 0) is 5.41 Å². The highest BCUT2D eigenvalue weighted by Gasteiger charge is 2.40. The zero-order chi connectivity index (χ0) is 18.3. The normalized spacial score (nSPS) is 15.9. The van der Waals surface area contributed by atoms with Gasteiger partial charge in [-0.1, -0.05) is 88.8 Å². The molecule has 1 aliphatic rings. The van der Waals surface area contributed by atoms with Gasteiger partial charge in [0.1, 0.15) is 0 Å². The Hall–Kier alpha value is -1.33. The van der Waals surface area contributed by atoms with Crippen molar-refractivity contribution in [3.05, 3.63) is 88.4 Å². The molecule has 3 heteroatoms. The number of rotatable bonds is 3. The third-order valence-corrected chi connectivity index (χ3v) is 6.22. The Labute approximate surface area is 177 Å². The van der Waals surface area contributed by atoms with Gasteiger partial charge >= 0.3 is 0 Å². The Balaban J connectivity index is 1.99. The summed E-state index contributed by atoms with van der Waals surface area (Å²) >= 11 is 6.11. The molecule has 132 valence electrons. The number of benzene rings is 3. The second-order valence-corrected chi connectivity index (χ2v) is 10.2. The van der Waals surface area contributed by atoms with Crippen LogP contribution in [0, 0.1) is 0 Å². The van der Waals surface area contributed by atoms with E-state index < -0.39 is 0 Å². The van der Waals surface area contributed by atoms with Crippen molar-refractivity contribution in [3.63, 3.8) is 0 Å². The summed E-state index contributed by atoms with van der Waals surface area (Å²) in [5, 5.41) is 0. The highest BCUT2D eigenvalue weighted by Crippen LogP contribution is 2.53. The molecule has 0 N–H and O–H groups in total. The van der Waals surface area contributed by atoms with Crippen molar-refractivity contribution in [2.45, 2.75) is 29.6 Å². The van der Waals surface area contributed by atoms with Crippen LogP contribution >= 0.6 is 38.5 Å². The van der Waals surface area contributed by atoms with Crippen molar-refractivity contribution in [1.82, 2.24) is 0 Å². The molecule has 1 atom stereocenters. The van der Waals surface area contributed by atoms with Crippen molar-refractivity contribution in [1.29, 1.82) is 0 Å². The number of hydrogen-bond acceptors (Lipinski definition) is 1. The predicted octanol–water partition coefficient (Wildman–Crippen LogP) is 7.75. The first kappa shape index (κ1) is 18.1. The van der Waals surface area contributed by atoms with Gasteiger partial charge in [-0.2, -0.15) is 0 Å². The molecule has 3 aromatic rings. The summed E-state index contributed by atoms with van der Waals surface area (Å²) in [5.41, 5.74) is 6.59. The van der Waals surface area contributed by atoms with E-state index in [2.05, 4.69) is 130 Å². The zero-order valence-electron chi connectivity index (χ0n) is 14.9. The molecular weight excluding hydrogens is 497 g/mol. The molecule has 26 heavy (non-hydrogen) atoms. The molecule has 0 radical (unpaired) electrons. The topological polar surface area (TPSA) is 3.24 Å². The Morgan fingerprint density at radius 2 is 1.38 bits per heavy atom. The quantitative estimate of drug-likeness (QED) is 0.253. The lowest BCUT2D eigenvalue weighted by atomic mass is 9.69. The Kier molecular flexibility index (Phi) is 4.86. The maximum atomic E-state index is 3.56. The van der Waals surface area contributed by atoms with E-state index >= 15 is 0 Å². The van der Waals surface area contributed by atoms with Crippen LogP contribution in [0.5, 0.6) is 0 Å². The summed E-state index contributed by atoms with van der Waals surface area (Å²) in [5.74, 6) is 0. The van der Waals surface area contributed by atoms with Gasteiger partial charge in [0.05, 0.1) is 11.4 Å². The van der Waals surface area contributed by atoms with Crippen LogP contribution < -0.4 is 4.90 Å². The second-order valence-electron chi connectivity index (χ2n) is 7.16. The monoisotopic (exact) mass is 517 g/mol. The predicted molar refractivity (Wildman–Crippen MR) is 123 cm³/mol. The third-order valence-electron chi connectivity index (χ3n) is 5.25. The van der Waals surface area contributed by atoms with Crippen molar-refractivity contribution >= 4 is 55.6 Å². The minimum atomic E-state index is 0.0135. The van der Waals surface area contributed by atoms with Crippen molar-refractivity contribution < 1.29 is 0 Å². The van der Waals surface area contributed by atoms with E-state index in [1.54, 1.807) is 0 Å². The first-order valence-corrected chi connectivity index (χ1v) is 10.9. The first-order valence-electron chi connectivity index (χ1n) is 8.89. The van der Waals surface area contributed by atoms with Crippen molar-refractivity contribution in [2.24, 2.45) is 0 Å². The summed E-state index contributed by atoms with van der Waals surface area (Å²) in [4.78, 5) is 2.40. The van der Waals surface area contributed by atoms with E-state index in [1.807, 2.05) is 0 Å². The van der Waals surface area contributed by atoms with Gasteiger partial charge < -0.3 is 4.90 Å². The molecule has 3 aromatic carbocycles. The first-order chi connectivity index (χ1) is 12.5. The van der Waals surface area contributed by atoms with Gasteiger partial charge in [-0.25, -0.2) is 0 Å². The molecule has 0 aliphatic carbocycles. The Bertz CT molecular complexity index is 885. The minimum absolute atomic E-state index is 0.0135. The highest BCUT2D eigenvalue weighted by molar-refractivity contribution is 14.1. The SMILES string of the molecule is C[C@@H](I)CC1(C)c2ccccc2N(c2ccc(Br)cc2)c2ccccc21. The molecule has 0 aromatic heterocycles. The van der Waals surface area contributed by atoms with Crippen molar-refractivity contribution in [3.8, 4) is 0 Å². The van der Waals surface area contributed by atoms with Gasteiger partial charge in [0.2, 0.25) is 0 Å². The largest absolute Gasteiger partial charge is 0.310 e. The van der Waals surface area contributed by atoms with Gasteiger partial charge in [0.15, 0.2) is 0 Å². The van der Waals surface area contributed by atoms with Crippen LogP contribution in [0.3, 0.4) is 0 Å². The molecule has 0 spiro atoms. The molecule has 0 fully saturated rings. The standard InChI is InChI=1S/C23H21BrIN/c1-16(25)15-23(2)19-7-3-5-9-21(19)26(18-13-11-17(24)12-14-18)22-10-6-4-8-20(22)23/h3-14,16H,15H2,1-2H3/t16-/m1/s1. The van der Waals surface area contributed by atoms with E-state index in [1.165, 1.54) is 28.2 Å². The van der Waals surface area contributed by atoms with Crippen LogP contribution in [0.15, 0.2) is 77.3 Å². The number of halogens is 2. The molecule has 1 heterocycles. The van der Waals surface area contributed by atoms with E-state index in [4.69, 9.17) is 0 Å². The van der Waals surface area contributed by atoms with Crippen LogP contribution in [-0.4, -0.2) is 3.92 Å². The summed E-state index contributed by atoms with van der Waals surface area (Å²) in [6.07, 6.45) is 1.12. The number of alkyl halides is 1. The summed E-state index contributed by atoms with van der Waals surface area (Å²) in [6, 6.07) is 26.3. The number of nitrogens with zero attached hydrogens (tertiary/aromatic N) is 1. The smallest absolute Gasteiger partial charge is 0.0502 e. The highest BCUT2D eigenvalue weighted by atomic mass is 127. The Morgan fingerprint density at radius 3 is 1.88 bits per heavy atom. The van der Waals surface area contributed by atoms with Gasteiger partial charge in [-0.05, 0) is 53.9 Å². The van der Waals surface area contributed by atoms with E-state index in [0.29, 0.717) is 3.92 Å². The average molecular weight is 518 g/mol. The number of para-hydroxylation sites is 2. The molecule has 1 aliphatic heterocycles. The third kappa shape index (κ3) is 2.99. The lowest BCUT2D eigenvalue weighted by Crippen LogP contribution is -2.34. The van der Waals surface area contributed by atoms with Crippen LogP contribution in [0.25, 0.3) is 0 Å². The van der Waals surface area contributed by atoms with Gasteiger partial charge in [0, 0.05) is 19.5 Å². The molecule has 0 unspecified atom stereocenters. The van der Waals surface area contributed by atoms with Crippen LogP contribution in [0.1, 0.15) is 31.4 Å². The summed E-state index contributed by atoms with van der Waals surface area (Å²) in [6.45, 7) is 4.71. The Morgan fingerprint density at radius 1 is 0.885 bits per heavy atom. The average Bonchev–Trinajstić information content (AvgIpc) is 2.63. The van der Waals surface area contributed by atoms with Crippen LogP contribution in [0.4, 0.5) is 17.1 Å².